The minimum absolute atomic E-state index is 0.100. The lowest BCUT2D eigenvalue weighted by molar-refractivity contribution is -0.137. The largest absolute Gasteiger partial charge is 0.338 e. The maximum Gasteiger partial charge on any atom is 0.237 e. The molecule has 0 N–H and O–H groups in total. The summed E-state index contributed by atoms with van der Waals surface area (Å²) in [5.41, 5.74) is 0. The molecule has 1 aromatic heterocycles. The van der Waals surface area contributed by atoms with Crippen LogP contribution in [0.15, 0.2) is 18.5 Å². The van der Waals surface area contributed by atoms with Crippen LogP contribution in [0.2, 0.25) is 0 Å². The Morgan fingerprint density at radius 2 is 1.69 bits per heavy atom. The fourth-order valence-electron chi connectivity index (χ4n) is 4.89. The van der Waals surface area contributed by atoms with Gasteiger partial charge in [-0.3, -0.25) is 9.69 Å². The molecule has 3 aliphatic rings. The minimum atomic E-state index is -3.01. The monoisotopic (exact) mass is 421 g/mol. The molecule has 0 aromatic carbocycles. The number of sulfone groups is 1. The molecule has 0 bridgehead atoms. The summed E-state index contributed by atoms with van der Waals surface area (Å²) in [6.45, 7) is 3.52. The Labute approximate surface area is 173 Å². The number of hydrogen-bond acceptors (Lipinski definition) is 7. The summed E-state index contributed by atoms with van der Waals surface area (Å²) in [5, 5.41) is 0. The number of carbonyl (C=O) groups excluding carboxylic acids is 1. The lowest BCUT2D eigenvalue weighted by atomic mass is 9.92. The van der Waals surface area contributed by atoms with Crippen LogP contribution < -0.4 is 4.90 Å². The van der Waals surface area contributed by atoms with Gasteiger partial charge in [0.2, 0.25) is 11.9 Å². The Morgan fingerprint density at radius 3 is 2.31 bits per heavy atom. The molecule has 8 nitrogen and oxygen atoms in total. The highest BCUT2D eigenvalue weighted by atomic mass is 32.2. The molecular formula is C20H31N5O3S. The second-order valence-corrected chi connectivity index (χ2v) is 10.7. The zero-order valence-corrected chi connectivity index (χ0v) is 17.8. The van der Waals surface area contributed by atoms with Gasteiger partial charge in [-0.05, 0) is 25.3 Å². The third kappa shape index (κ3) is 5.06. The van der Waals surface area contributed by atoms with Crippen LogP contribution in [0.5, 0.6) is 0 Å². The first-order chi connectivity index (χ1) is 14.0. The standard InChI is InChI=1S/C20H31N5O3S/c26-19(15-23-10-12-24(13-11-23)20-21-8-4-9-22-20)25(17-5-2-1-3-6-17)18-7-14-29(27,28)16-18/h4,8-9,17-18H,1-3,5-7,10-16H2/t18-/m1/s1. The van der Waals surface area contributed by atoms with E-state index in [-0.39, 0.29) is 29.5 Å². The summed E-state index contributed by atoms with van der Waals surface area (Å²) >= 11 is 0. The number of aromatic nitrogens is 2. The van der Waals surface area contributed by atoms with Crippen LogP contribution in [0.1, 0.15) is 38.5 Å². The van der Waals surface area contributed by atoms with E-state index in [0.717, 1.165) is 57.8 Å². The Balaban J connectivity index is 1.38. The molecule has 1 saturated carbocycles. The number of anilines is 1. The first-order valence-electron chi connectivity index (χ1n) is 10.8. The second kappa shape index (κ2) is 8.95. The molecule has 3 heterocycles. The van der Waals surface area contributed by atoms with E-state index < -0.39 is 9.84 Å². The van der Waals surface area contributed by atoms with Gasteiger partial charge in [0.05, 0.1) is 18.1 Å². The number of hydrogen-bond donors (Lipinski definition) is 0. The predicted molar refractivity (Wildman–Crippen MR) is 111 cm³/mol. The van der Waals surface area contributed by atoms with Crippen LogP contribution >= 0.6 is 0 Å². The van der Waals surface area contributed by atoms with E-state index in [2.05, 4.69) is 19.8 Å². The van der Waals surface area contributed by atoms with Gasteiger partial charge in [-0.25, -0.2) is 18.4 Å². The third-order valence-corrected chi connectivity index (χ3v) is 8.17. The topological polar surface area (TPSA) is 86.7 Å². The molecule has 1 aromatic rings. The molecule has 3 fully saturated rings. The van der Waals surface area contributed by atoms with Gasteiger partial charge in [-0.1, -0.05) is 19.3 Å². The van der Waals surface area contributed by atoms with E-state index in [4.69, 9.17) is 0 Å². The lowest BCUT2D eigenvalue weighted by Gasteiger charge is -2.40. The Hall–Kier alpha value is -1.74. The van der Waals surface area contributed by atoms with E-state index in [1.165, 1.54) is 6.42 Å². The number of nitrogens with zero attached hydrogens (tertiary/aromatic N) is 5. The molecule has 1 amide bonds. The molecule has 1 aliphatic carbocycles. The summed E-state index contributed by atoms with van der Waals surface area (Å²) < 4.78 is 24.1. The lowest BCUT2D eigenvalue weighted by Crippen LogP contribution is -2.54. The van der Waals surface area contributed by atoms with Crippen LogP contribution in [0.4, 0.5) is 5.95 Å². The normalized spacial score (nSPS) is 25.8. The van der Waals surface area contributed by atoms with Crippen molar-refractivity contribution in [1.82, 2.24) is 19.8 Å². The smallest absolute Gasteiger partial charge is 0.237 e. The van der Waals surface area contributed by atoms with Crippen LogP contribution in [-0.4, -0.2) is 90.4 Å². The highest BCUT2D eigenvalue weighted by molar-refractivity contribution is 7.91. The van der Waals surface area contributed by atoms with Crippen molar-refractivity contribution in [3.05, 3.63) is 18.5 Å². The molecule has 1 atom stereocenters. The van der Waals surface area contributed by atoms with E-state index >= 15 is 0 Å². The molecule has 4 rings (SSSR count). The van der Waals surface area contributed by atoms with E-state index in [1.807, 2.05) is 11.0 Å². The Kier molecular flexibility index (Phi) is 6.34. The summed E-state index contributed by atoms with van der Waals surface area (Å²) in [5.74, 6) is 1.18. The van der Waals surface area contributed by atoms with Gasteiger partial charge in [-0.2, -0.15) is 0 Å². The fourth-order valence-corrected chi connectivity index (χ4v) is 6.60. The zero-order valence-electron chi connectivity index (χ0n) is 16.9. The van der Waals surface area contributed by atoms with Crippen molar-refractivity contribution in [2.24, 2.45) is 0 Å². The van der Waals surface area contributed by atoms with Gasteiger partial charge >= 0.3 is 0 Å². The summed E-state index contributed by atoms with van der Waals surface area (Å²) in [4.78, 5) is 28.2. The minimum Gasteiger partial charge on any atom is -0.338 e. The molecule has 160 valence electrons. The molecule has 2 saturated heterocycles. The second-order valence-electron chi connectivity index (χ2n) is 8.46. The molecule has 0 radical (unpaired) electrons. The van der Waals surface area contributed by atoms with Crippen molar-refractivity contribution in [2.75, 3.05) is 49.1 Å². The van der Waals surface area contributed by atoms with Gasteiger partial charge < -0.3 is 9.80 Å². The molecule has 29 heavy (non-hydrogen) atoms. The van der Waals surface area contributed by atoms with Gasteiger partial charge in [0.25, 0.3) is 0 Å². The van der Waals surface area contributed by atoms with Gasteiger partial charge in [0, 0.05) is 50.7 Å². The average molecular weight is 422 g/mol. The molecular weight excluding hydrogens is 390 g/mol. The number of piperazine rings is 1. The molecule has 9 heteroatoms. The van der Waals surface area contributed by atoms with Gasteiger partial charge in [0.15, 0.2) is 9.84 Å². The van der Waals surface area contributed by atoms with Crippen LogP contribution in [0.25, 0.3) is 0 Å². The van der Waals surface area contributed by atoms with E-state index in [1.54, 1.807) is 12.4 Å². The van der Waals surface area contributed by atoms with Crippen molar-refractivity contribution >= 4 is 21.7 Å². The number of carbonyl (C=O) groups is 1. The van der Waals surface area contributed by atoms with E-state index in [9.17, 15) is 13.2 Å². The van der Waals surface area contributed by atoms with Crippen molar-refractivity contribution in [1.29, 1.82) is 0 Å². The first-order valence-corrected chi connectivity index (χ1v) is 12.6. The van der Waals surface area contributed by atoms with Crippen molar-refractivity contribution in [3.63, 3.8) is 0 Å². The average Bonchev–Trinajstić information content (AvgIpc) is 3.09. The summed E-state index contributed by atoms with van der Waals surface area (Å²) in [6.07, 6.45) is 9.55. The summed E-state index contributed by atoms with van der Waals surface area (Å²) in [7, 11) is -3.01. The van der Waals surface area contributed by atoms with Crippen molar-refractivity contribution in [2.45, 2.75) is 50.6 Å². The van der Waals surface area contributed by atoms with Gasteiger partial charge in [0.1, 0.15) is 0 Å². The number of rotatable bonds is 5. The maximum atomic E-state index is 13.3. The van der Waals surface area contributed by atoms with E-state index in [0.29, 0.717) is 13.0 Å². The first kappa shape index (κ1) is 20.5. The molecule has 0 unspecified atom stereocenters. The zero-order chi connectivity index (χ0) is 20.3. The predicted octanol–water partition coefficient (Wildman–Crippen LogP) is 0.947. The SMILES string of the molecule is O=C(CN1CCN(c2ncccn2)CC1)N(C1CCCCC1)[C@@H]1CCS(=O)(=O)C1. The van der Waals surface area contributed by atoms with Crippen molar-refractivity contribution in [3.8, 4) is 0 Å². The fraction of sp³-hybridized carbons (Fsp3) is 0.750. The highest BCUT2D eigenvalue weighted by Crippen LogP contribution is 2.28. The maximum absolute atomic E-state index is 13.3. The van der Waals surface area contributed by atoms with Gasteiger partial charge in [-0.15, -0.1) is 0 Å². The van der Waals surface area contributed by atoms with Crippen LogP contribution in [0.3, 0.4) is 0 Å². The van der Waals surface area contributed by atoms with Crippen molar-refractivity contribution < 1.29 is 13.2 Å². The quantitative estimate of drug-likeness (QED) is 0.699. The number of amides is 1. The summed E-state index contributed by atoms with van der Waals surface area (Å²) in [6, 6.07) is 1.87. The molecule has 2 aliphatic heterocycles. The molecule has 0 spiro atoms. The Morgan fingerprint density at radius 1 is 1.00 bits per heavy atom. The van der Waals surface area contributed by atoms with Crippen LogP contribution in [0, 0.1) is 0 Å². The highest BCUT2D eigenvalue weighted by Gasteiger charge is 2.39. The van der Waals surface area contributed by atoms with Crippen LogP contribution in [-0.2, 0) is 14.6 Å². The Bertz CT molecular complexity index is 790. The third-order valence-electron chi connectivity index (χ3n) is 6.42.